The van der Waals surface area contributed by atoms with Gasteiger partial charge in [-0.2, -0.15) is 0 Å². The number of hydrogen-bond acceptors (Lipinski definition) is 16. The van der Waals surface area contributed by atoms with Crippen LogP contribution in [-0.4, -0.2) is 146 Å². The fourth-order valence-electron chi connectivity index (χ4n) is 8.67. The van der Waals surface area contributed by atoms with Crippen LogP contribution in [0.15, 0.2) is 65.0 Å². The van der Waals surface area contributed by atoms with Gasteiger partial charge in [0.25, 0.3) is 11.5 Å². The van der Waals surface area contributed by atoms with E-state index in [1.807, 2.05) is 31.2 Å². The first-order valence-corrected chi connectivity index (χ1v) is 27.7. The van der Waals surface area contributed by atoms with Crippen LogP contribution in [0.3, 0.4) is 0 Å². The highest BCUT2D eigenvalue weighted by Crippen LogP contribution is 2.38. The van der Waals surface area contributed by atoms with Gasteiger partial charge in [0.1, 0.15) is 34.4 Å². The average Bonchev–Trinajstić information content (AvgIpc) is 4.12. The number of benzene rings is 2. The molecule has 0 saturated carbocycles. The molecule has 4 amide bonds. The first-order chi connectivity index (χ1) is 35.2. The van der Waals surface area contributed by atoms with E-state index in [-0.39, 0.29) is 88.0 Å². The molecule has 6 N–H and O–H groups in total. The summed E-state index contributed by atoms with van der Waals surface area (Å²) in [5.41, 5.74) is 5.11. The summed E-state index contributed by atoms with van der Waals surface area (Å²) in [4.78, 5) is 73.6. The van der Waals surface area contributed by atoms with E-state index in [0.29, 0.717) is 44.9 Å². The zero-order chi connectivity index (χ0) is 53.3. The van der Waals surface area contributed by atoms with E-state index in [2.05, 4.69) is 26.3 Å². The van der Waals surface area contributed by atoms with Crippen molar-refractivity contribution in [3.63, 3.8) is 0 Å². The molecule has 74 heavy (non-hydrogen) atoms. The molecule has 5 aromatic rings. The van der Waals surface area contributed by atoms with Crippen molar-refractivity contribution in [2.75, 3.05) is 64.7 Å². The van der Waals surface area contributed by atoms with Gasteiger partial charge in [0, 0.05) is 55.6 Å². The average molecular weight is 1080 g/mol. The number of carbonyl (C=O) groups is 4. The number of β-amino-alcohol motifs (C(OH)–C–C–N with tert-alkyl or cyclic N) is 1. The van der Waals surface area contributed by atoms with E-state index in [1.165, 1.54) is 27.9 Å². The number of aromatic nitrogens is 2. The number of nitrogens with zero attached hydrogens (tertiary/aromatic N) is 3. The topological polar surface area (TPSA) is 270 Å². The van der Waals surface area contributed by atoms with E-state index < -0.39 is 57.1 Å². The number of nitrogens with one attached hydrogen (secondary N) is 5. The van der Waals surface area contributed by atoms with Crippen LogP contribution in [0, 0.1) is 17.7 Å². The van der Waals surface area contributed by atoms with Gasteiger partial charge in [0.2, 0.25) is 17.7 Å². The van der Waals surface area contributed by atoms with Crippen molar-refractivity contribution in [2.45, 2.75) is 77.7 Å². The van der Waals surface area contributed by atoms with Gasteiger partial charge in [0.15, 0.2) is 18.1 Å². The second-order valence-corrected chi connectivity index (χ2v) is 23.6. The third-order valence-corrected chi connectivity index (χ3v) is 16.6. The third-order valence-electron chi connectivity index (χ3n) is 12.7. The molecule has 3 atom stereocenters. The molecule has 0 bridgehead atoms. The quantitative estimate of drug-likeness (QED) is 0.0349. The minimum atomic E-state index is -3.05. The highest BCUT2D eigenvalue weighted by atomic mass is 32.2. The van der Waals surface area contributed by atoms with Gasteiger partial charge in [-0.3, -0.25) is 29.4 Å². The molecule has 2 saturated heterocycles. The molecule has 2 aromatic carbocycles. The fourth-order valence-corrected chi connectivity index (χ4v) is 12.1. The SMILES string of the molecule is COc1cc(-c2cn(C)c(=O)c3cc(C(=N)NC4CCS(=O)(=O)CC4)sc23)ccc1OCC(=O)NCCOCCOCC(=O)NC(C(=O)N1C[C@H](O)C[C@H]1C(=O)NCc1ccc(-c2scnc2C)cc1)C(C)(C)C. The largest absolute Gasteiger partial charge is 0.493 e. The fraction of sp³-hybridized carbons (Fsp3) is 0.471. The Hall–Kier alpha value is -6.24. The normalized spacial score (nSPS) is 17.1. The van der Waals surface area contributed by atoms with Crippen molar-refractivity contribution in [1.29, 1.82) is 5.41 Å². The Balaban J connectivity index is 0.814. The number of amides is 4. The summed E-state index contributed by atoms with van der Waals surface area (Å²) in [6.07, 6.45) is 1.70. The number of rotatable bonds is 21. The van der Waals surface area contributed by atoms with Crippen molar-refractivity contribution in [1.82, 2.24) is 35.7 Å². The number of sulfone groups is 1. The van der Waals surface area contributed by atoms with E-state index in [0.717, 1.165) is 27.3 Å². The second kappa shape index (κ2) is 24.4. The first-order valence-electron chi connectivity index (χ1n) is 24.2. The van der Waals surface area contributed by atoms with Crippen molar-refractivity contribution in [3.8, 4) is 33.1 Å². The number of aliphatic hydroxyl groups is 1. The molecule has 0 aliphatic carbocycles. The van der Waals surface area contributed by atoms with Crippen molar-refractivity contribution >= 4 is 72.1 Å². The van der Waals surface area contributed by atoms with Crippen molar-refractivity contribution < 1.29 is 51.6 Å². The third kappa shape index (κ3) is 14.1. The number of thiophene rings is 1. The molecule has 2 fully saturated rings. The Kier molecular flexibility index (Phi) is 18.3. The molecule has 20 nitrogen and oxygen atoms in total. The zero-order valence-corrected chi connectivity index (χ0v) is 44.7. The summed E-state index contributed by atoms with van der Waals surface area (Å²) >= 11 is 2.85. The van der Waals surface area contributed by atoms with Crippen LogP contribution in [0.5, 0.6) is 11.5 Å². The number of methoxy groups -OCH3 is 1. The van der Waals surface area contributed by atoms with Crippen LogP contribution < -0.4 is 36.3 Å². The maximum Gasteiger partial charge on any atom is 0.259 e. The number of aryl methyl sites for hydroxylation is 2. The Bertz CT molecular complexity index is 3010. The number of fused-ring (bicyclic) bond motifs is 1. The molecule has 2 aliphatic rings. The Morgan fingerprint density at radius 3 is 2.35 bits per heavy atom. The number of hydrogen-bond donors (Lipinski definition) is 6. The Morgan fingerprint density at radius 2 is 1.66 bits per heavy atom. The Labute approximate surface area is 437 Å². The molecular formula is C51H64N8O12S3. The number of carbonyl (C=O) groups excluding carboxylic acids is 4. The van der Waals surface area contributed by atoms with Crippen LogP contribution in [0.4, 0.5) is 0 Å². The van der Waals surface area contributed by atoms with Crippen LogP contribution >= 0.6 is 22.7 Å². The summed E-state index contributed by atoms with van der Waals surface area (Å²) in [5, 5.41) is 31.2. The van der Waals surface area contributed by atoms with Crippen LogP contribution in [0.1, 0.15) is 56.2 Å². The monoisotopic (exact) mass is 1080 g/mol. The standard InChI is InChI=1S/C51H64N8O12S3/c1-30-44(72-29-55-30)32-9-7-31(8-10-32)24-54-48(63)38-22-35(60)25-59(38)50(65)46(51(2,3)4)57-43(62)27-70-18-17-69-16-15-53-42(61)28-71-39-12-11-33(21-40(39)68-6)37-26-58(5)49(64)36-23-41(73-45(36)37)47(52)56-34-13-19-74(66,67)20-14-34/h7-12,21,23,26,29,34-35,38,46,60H,13-20,22,24-25,27-28H2,1-6H3,(H2,52,56)(H,53,61)(H,54,63)(H,57,62)/t35-,38+,46?/m1/s1. The minimum absolute atomic E-state index is 0.0517. The van der Waals surface area contributed by atoms with Crippen LogP contribution in [0.2, 0.25) is 0 Å². The van der Waals surface area contributed by atoms with E-state index in [9.17, 15) is 37.5 Å². The summed E-state index contributed by atoms with van der Waals surface area (Å²) < 4.78 is 48.4. The summed E-state index contributed by atoms with van der Waals surface area (Å²) in [6.45, 7) is 7.34. The predicted octanol–water partition coefficient (Wildman–Crippen LogP) is 3.54. The van der Waals surface area contributed by atoms with Gasteiger partial charge in [-0.05, 0) is 60.1 Å². The lowest BCUT2D eigenvalue weighted by Crippen LogP contribution is -2.58. The van der Waals surface area contributed by atoms with Crippen LogP contribution in [-0.2, 0) is 52.1 Å². The molecule has 0 radical (unpaired) electrons. The van der Waals surface area contributed by atoms with E-state index in [4.69, 9.17) is 24.4 Å². The van der Waals surface area contributed by atoms with E-state index in [1.54, 1.807) is 75.1 Å². The van der Waals surface area contributed by atoms with Gasteiger partial charge in [-0.25, -0.2) is 13.4 Å². The summed E-state index contributed by atoms with van der Waals surface area (Å²) in [5.74, 6) is -0.905. The maximum atomic E-state index is 14.0. The smallest absolute Gasteiger partial charge is 0.259 e. The molecule has 0 spiro atoms. The van der Waals surface area contributed by atoms with Crippen molar-refractivity contribution in [3.05, 3.63) is 86.7 Å². The lowest BCUT2D eigenvalue weighted by atomic mass is 9.85. The van der Waals surface area contributed by atoms with Gasteiger partial charge in [-0.15, -0.1) is 22.7 Å². The van der Waals surface area contributed by atoms with Gasteiger partial charge < -0.3 is 54.8 Å². The summed E-state index contributed by atoms with van der Waals surface area (Å²) in [6, 6.07) is 12.6. The van der Waals surface area contributed by atoms with Gasteiger partial charge >= 0.3 is 0 Å². The minimum Gasteiger partial charge on any atom is -0.493 e. The van der Waals surface area contributed by atoms with E-state index >= 15 is 0 Å². The highest BCUT2D eigenvalue weighted by molar-refractivity contribution is 7.91. The van der Waals surface area contributed by atoms with Crippen molar-refractivity contribution in [2.24, 2.45) is 12.5 Å². The number of thiazole rings is 1. The first kappa shape index (κ1) is 55.5. The van der Waals surface area contributed by atoms with Crippen LogP contribution in [0.25, 0.3) is 31.7 Å². The molecule has 3 aromatic heterocycles. The number of ether oxygens (including phenoxy) is 4. The number of likely N-dealkylation sites (tertiary alicyclic amines) is 1. The highest BCUT2D eigenvalue weighted by Gasteiger charge is 2.44. The molecular weight excluding hydrogens is 1010 g/mol. The molecule has 7 rings (SSSR count). The molecule has 2 aliphatic heterocycles. The molecule has 23 heteroatoms. The number of amidine groups is 1. The van der Waals surface area contributed by atoms with Gasteiger partial charge in [0.05, 0.1) is 70.9 Å². The Morgan fingerprint density at radius 1 is 0.946 bits per heavy atom. The molecule has 398 valence electrons. The molecule has 1 unspecified atom stereocenters. The number of pyridine rings is 1. The number of aliphatic hydroxyl groups excluding tert-OH is 1. The predicted molar refractivity (Wildman–Crippen MR) is 282 cm³/mol. The summed E-state index contributed by atoms with van der Waals surface area (Å²) in [7, 11) is 0.0664. The lowest BCUT2D eigenvalue weighted by molar-refractivity contribution is -0.144. The lowest BCUT2D eigenvalue weighted by Gasteiger charge is -2.35. The van der Waals surface area contributed by atoms with Gasteiger partial charge in [-0.1, -0.05) is 51.1 Å². The second-order valence-electron chi connectivity index (χ2n) is 19.4. The molecule has 5 heterocycles. The maximum absolute atomic E-state index is 14.0. The zero-order valence-electron chi connectivity index (χ0n) is 42.3.